The van der Waals surface area contributed by atoms with Crippen LogP contribution in [0.15, 0.2) is 0 Å². The summed E-state index contributed by atoms with van der Waals surface area (Å²) in [6.07, 6.45) is -25.6. The van der Waals surface area contributed by atoms with Gasteiger partial charge < -0.3 is 79.9 Å². The maximum Gasteiger partial charge on any atom is 0.187 e. The zero-order chi connectivity index (χ0) is 25.3. The first-order chi connectivity index (χ1) is 16.0. The molecule has 0 aromatic carbocycles. The van der Waals surface area contributed by atoms with E-state index >= 15 is 0 Å². The summed E-state index contributed by atoms with van der Waals surface area (Å²) in [5.41, 5.74) is 0. The molecule has 0 unspecified atom stereocenters. The van der Waals surface area contributed by atoms with Crippen LogP contribution in [0.1, 0.15) is 0 Å². The van der Waals surface area contributed by atoms with E-state index in [-0.39, 0.29) is 0 Å². The number of hydrogen-bond acceptors (Lipinski definition) is 16. The summed E-state index contributed by atoms with van der Waals surface area (Å²) >= 11 is 0. The number of rotatable bonds is 7. The molecular weight excluding hydrogens is 472 g/mol. The molecule has 0 aromatic rings. The van der Waals surface area contributed by atoms with Crippen LogP contribution in [0.4, 0.5) is 0 Å². The third-order valence-electron chi connectivity index (χ3n) is 6.10. The summed E-state index contributed by atoms with van der Waals surface area (Å²) < 4.78 is 26.5. The molecular formula is C18H32O16. The quantitative estimate of drug-likeness (QED) is 0.154. The van der Waals surface area contributed by atoms with Gasteiger partial charge in [0.2, 0.25) is 0 Å². The molecule has 0 aliphatic carbocycles. The van der Waals surface area contributed by atoms with Crippen LogP contribution in [0.25, 0.3) is 0 Å². The molecule has 3 heterocycles. The molecule has 11 N–H and O–H groups in total. The molecule has 0 amide bonds. The lowest BCUT2D eigenvalue weighted by molar-refractivity contribution is -0.387. The molecule has 3 saturated heterocycles. The van der Waals surface area contributed by atoms with E-state index in [2.05, 4.69) is 0 Å². The highest BCUT2D eigenvalue weighted by atomic mass is 16.8. The second-order valence-electron chi connectivity index (χ2n) is 8.33. The Kier molecular flexibility index (Phi) is 9.54. The number of hydrogen-bond donors (Lipinski definition) is 11. The van der Waals surface area contributed by atoms with Gasteiger partial charge in [-0.25, -0.2) is 0 Å². The summed E-state index contributed by atoms with van der Waals surface area (Å²) in [4.78, 5) is 0. The van der Waals surface area contributed by atoms with E-state index in [0.29, 0.717) is 0 Å². The molecule has 0 saturated carbocycles. The van der Waals surface area contributed by atoms with Gasteiger partial charge in [0.15, 0.2) is 18.9 Å². The Bertz CT molecular complexity index is 637. The predicted octanol–water partition coefficient (Wildman–Crippen LogP) is -7.57. The van der Waals surface area contributed by atoms with E-state index in [1.165, 1.54) is 0 Å². The van der Waals surface area contributed by atoms with Gasteiger partial charge in [-0.3, -0.25) is 0 Å². The Balaban J connectivity index is 1.83. The molecule has 34 heavy (non-hydrogen) atoms. The van der Waals surface area contributed by atoms with Gasteiger partial charge in [0.1, 0.15) is 73.2 Å². The van der Waals surface area contributed by atoms with Crippen molar-refractivity contribution in [2.45, 2.75) is 92.1 Å². The monoisotopic (exact) mass is 504 g/mol. The van der Waals surface area contributed by atoms with Crippen LogP contribution >= 0.6 is 0 Å². The standard InChI is InChI=1S/C18H32O16/c19-1-4-7(22)10(25)12(27)17(31-4)33-14-9(24)6(3-21)30-16(29)15(14)34-18-13(28)11(26)8(23)5(2-20)32-18/h4-29H,1-3H2/t4-,5-,6-,7-,8-,9+,10+,11+,12-,13-,14+,15-,16-,17+,18-/m1/s1. The van der Waals surface area contributed by atoms with Crippen molar-refractivity contribution >= 4 is 0 Å². The second kappa shape index (κ2) is 11.6. The van der Waals surface area contributed by atoms with Crippen molar-refractivity contribution in [2.24, 2.45) is 0 Å². The highest BCUT2D eigenvalue weighted by molar-refractivity contribution is 4.96. The van der Waals surface area contributed by atoms with Crippen molar-refractivity contribution in [3.8, 4) is 0 Å². The maximum absolute atomic E-state index is 10.6. The maximum atomic E-state index is 10.6. The smallest absolute Gasteiger partial charge is 0.187 e. The lowest BCUT2D eigenvalue weighted by Crippen LogP contribution is -2.67. The molecule has 0 aromatic heterocycles. The van der Waals surface area contributed by atoms with Crippen molar-refractivity contribution in [3.63, 3.8) is 0 Å². The molecule has 15 atom stereocenters. The summed E-state index contributed by atoms with van der Waals surface area (Å²) in [5.74, 6) is 0. The summed E-state index contributed by atoms with van der Waals surface area (Å²) in [6.45, 7) is -2.33. The number of ether oxygens (including phenoxy) is 5. The Morgan fingerprint density at radius 1 is 0.441 bits per heavy atom. The lowest BCUT2D eigenvalue weighted by atomic mass is 9.96. The molecule has 0 spiro atoms. The van der Waals surface area contributed by atoms with Gasteiger partial charge in [-0.2, -0.15) is 0 Å². The summed E-state index contributed by atoms with van der Waals surface area (Å²) in [6, 6.07) is 0. The minimum atomic E-state index is -1.94. The highest BCUT2D eigenvalue weighted by Gasteiger charge is 2.53. The fraction of sp³-hybridized carbons (Fsp3) is 1.00. The van der Waals surface area contributed by atoms with Crippen molar-refractivity contribution in [3.05, 3.63) is 0 Å². The average Bonchev–Trinajstić information content (AvgIpc) is 2.83. The van der Waals surface area contributed by atoms with Crippen molar-refractivity contribution in [1.29, 1.82) is 0 Å². The first-order valence-corrected chi connectivity index (χ1v) is 10.6. The van der Waals surface area contributed by atoms with Gasteiger partial charge in [0, 0.05) is 0 Å². The van der Waals surface area contributed by atoms with Crippen LogP contribution in [0.5, 0.6) is 0 Å². The molecule has 0 radical (unpaired) electrons. The van der Waals surface area contributed by atoms with Crippen LogP contribution in [0, 0.1) is 0 Å². The third kappa shape index (κ3) is 5.37. The predicted molar refractivity (Wildman–Crippen MR) is 101 cm³/mol. The van der Waals surface area contributed by atoms with Crippen LogP contribution in [0.3, 0.4) is 0 Å². The van der Waals surface area contributed by atoms with Crippen LogP contribution in [0.2, 0.25) is 0 Å². The molecule has 16 nitrogen and oxygen atoms in total. The molecule has 3 fully saturated rings. The third-order valence-corrected chi connectivity index (χ3v) is 6.10. The summed E-state index contributed by atoms with van der Waals surface area (Å²) in [7, 11) is 0. The van der Waals surface area contributed by atoms with Crippen LogP contribution < -0.4 is 0 Å². The number of aliphatic hydroxyl groups excluding tert-OH is 11. The molecule has 3 rings (SSSR count). The normalized spacial score (nSPS) is 52.5. The minimum Gasteiger partial charge on any atom is -0.394 e. The largest absolute Gasteiger partial charge is 0.394 e. The summed E-state index contributed by atoms with van der Waals surface area (Å²) in [5, 5.41) is 109. The van der Waals surface area contributed by atoms with Gasteiger partial charge in [-0.1, -0.05) is 0 Å². The molecule has 200 valence electrons. The molecule has 16 heteroatoms. The van der Waals surface area contributed by atoms with E-state index in [0.717, 1.165) is 0 Å². The topological polar surface area (TPSA) is 269 Å². The highest BCUT2D eigenvalue weighted by Crippen LogP contribution is 2.32. The molecule has 0 bridgehead atoms. The Labute approximate surface area is 192 Å². The minimum absolute atomic E-state index is 0.769. The average molecular weight is 504 g/mol. The molecule has 3 aliphatic rings. The van der Waals surface area contributed by atoms with E-state index in [9.17, 15) is 56.2 Å². The molecule has 3 aliphatic heterocycles. The van der Waals surface area contributed by atoms with Gasteiger partial charge >= 0.3 is 0 Å². The van der Waals surface area contributed by atoms with E-state index in [1.54, 1.807) is 0 Å². The van der Waals surface area contributed by atoms with E-state index in [1.807, 2.05) is 0 Å². The first-order valence-electron chi connectivity index (χ1n) is 10.6. The second-order valence-corrected chi connectivity index (χ2v) is 8.33. The Hall–Kier alpha value is -0.640. The SMILES string of the molecule is OC[C@H]1O[C@@H](O)[C@H](O[C@H]2O[C@H](CO)[C@@H](O)[C@H](O)[C@H]2O)[C@@H](O[C@@H]2O[C@H](CO)[C@@H](O)[C@H](O)[C@H]2O)[C@H]1O. The zero-order valence-electron chi connectivity index (χ0n) is 17.7. The van der Waals surface area contributed by atoms with Gasteiger partial charge in [-0.05, 0) is 0 Å². The van der Waals surface area contributed by atoms with Crippen LogP contribution in [-0.4, -0.2) is 168 Å². The lowest BCUT2D eigenvalue weighted by Gasteiger charge is -2.48. The van der Waals surface area contributed by atoms with Gasteiger partial charge in [0.05, 0.1) is 19.8 Å². The number of aliphatic hydroxyl groups is 11. The zero-order valence-corrected chi connectivity index (χ0v) is 17.7. The Morgan fingerprint density at radius 2 is 0.824 bits per heavy atom. The fourth-order valence-corrected chi connectivity index (χ4v) is 4.03. The van der Waals surface area contributed by atoms with Crippen molar-refractivity contribution < 1.29 is 79.9 Å². The van der Waals surface area contributed by atoms with Crippen LogP contribution in [-0.2, 0) is 23.7 Å². The first kappa shape index (κ1) is 27.9. The van der Waals surface area contributed by atoms with E-state index < -0.39 is 112 Å². The fourth-order valence-electron chi connectivity index (χ4n) is 4.03. The van der Waals surface area contributed by atoms with Gasteiger partial charge in [-0.15, -0.1) is 0 Å². The van der Waals surface area contributed by atoms with Crippen molar-refractivity contribution in [2.75, 3.05) is 19.8 Å². The Morgan fingerprint density at radius 3 is 1.24 bits per heavy atom. The van der Waals surface area contributed by atoms with Crippen molar-refractivity contribution in [1.82, 2.24) is 0 Å². The van der Waals surface area contributed by atoms with E-state index in [4.69, 9.17) is 23.7 Å². The van der Waals surface area contributed by atoms with Gasteiger partial charge in [0.25, 0.3) is 0 Å².